The largest absolute Gasteiger partial charge is 0.418 e. The zero-order chi connectivity index (χ0) is 21.9. The van der Waals surface area contributed by atoms with Crippen LogP contribution in [0.2, 0.25) is 0 Å². The van der Waals surface area contributed by atoms with Crippen LogP contribution in [0.25, 0.3) is 0 Å². The molecule has 13 heteroatoms. The van der Waals surface area contributed by atoms with E-state index in [4.69, 9.17) is 0 Å². The molecule has 1 aliphatic rings. The zero-order valence-corrected chi connectivity index (χ0v) is 16.2. The Balaban J connectivity index is 1.72. The highest BCUT2D eigenvalue weighted by molar-refractivity contribution is 7.73. The van der Waals surface area contributed by atoms with Crippen LogP contribution in [0.4, 0.5) is 18.9 Å². The van der Waals surface area contributed by atoms with E-state index in [-0.39, 0.29) is 43.3 Å². The van der Waals surface area contributed by atoms with E-state index in [2.05, 4.69) is 9.97 Å². The molecule has 1 aromatic carbocycles. The topological polar surface area (TPSA) is 113 Å². The van der Waals surface area contributed by atoms with Crippen LogP contribution < -0.4 is 4.72 Å². The van der Waals surface area contributed by atoms with Crippen molar-refractivity contribution in [3.8, 4) is 0 Å². The number of nitrogens with one attached hydrogen (secondary N) is 1. The van der Waals surface area contributed by atoms with Gasteiger partial charge in [0.15, 0.2) is 0 Å². The number of alkyl halides is 3. The SMILES string of the molecule is O=C(c1ccc(N[SH](=O)=O)c(C(F)(F)F)c1)N1CCN(C(=O)c2cnccn2)CC1. The van der Waals surface area contributed by atoms with Crippen molar-refractivity contribution in [1.29, 1.82) is 0 Å². The Labute approximate surface area is 170 Å². The van der Waals surface area contributed by atoms with Crippen LogP contribution in [0.3, 0.4) is 0 Å². The second-order valence-corrected chi connectivity index (χ2v) is 7.04. The van der Waals surface area contributed by atoms with Crippen molar-refractivity contribution in [2.24, 2.45) is 0 Å². The monoisotopic (exact) mass is 443 g/mol. The second kappa shape index (κ2) is 8.65. The zero-order valence-electron chi connectivity index (χ0n) is 15.3. The molecule has 1 fully saturated rings. The van der Waals surface area contributed by atoms with Crippen LogP contribution in [-0.4, -0.2) is 66.2 Å². The predicted octanol–water partition coefficient (Wildman–Crippen LogP) is 1.03. The van der Waals surface area contributed by atoms with E-state index in [9.17, 15) is 31.2 Å². The molecule has 1 aromatic heterocycles. The Morgan fingerprint density at radius 1 is 1.00 bits per heavy atom. The van der Waals surface area contributed by atoms with Gasteiger partial charge >= 0.3 is 6.18 Å². The Hall–Kier alpha value is -3.22. The first-order valence-electron chi connectivity index (χ1n) is 8.63. The molecule has 1 aliphatic heterocycles. The maximum Gasteiger partial charge on any atom is 0.418 e. The molecular weight excluding hydrogens is 427 g/mol. The summed E-state index contributed by atoms with van der Waals surface area (Å²) in [5.74, 6) is -0.998. The quantitative estimate of drug-likeness (QED) is 0.683. The van der Waals surface area contributed by atoms with Crippen molar-refractivity contribution in [3.63, 3.8) is 0 Å². The number of thiol groups is 1. The van der Waals surface area contributed by atoms with Gasteiger partial charge < -0.3 is 9.80 Å². The van der Waals surface area contributed by atoms with E-state index in [1.165, 1.54) is 28.4 Å². The van der Waals surface area contributed by atoms with Crippen molar-refractivity contribution in [3.05, 3.63) is 53.6 Å². The molecule has 0 saturated carbocycles. The van der Waals surface area contributed by atoms with Crippen LogP contribution in [0, 0.1) is 0 Å². The number of hydrogen-bond acceptors (Lipinski definition) is 6. The highest BCUT2D eigenvalue weighted by Crippen LogP contribution is 2.35. The van der Waals surface area contributed by atoms with Gasteiger partial charge in [-0.05, 0) is 18.2 Å². The van der Waals surface area contributed by atoms with Crippen LogP contribution in [-0.2, 0) is 17.1 Å². The number of amides is 2. The van der Waals surface area contributed by atoms with Gasteiger partial charge in [0.2, 0.25) is 10.9 Å². The summed E-state index contributed by atoms with van der Waals surface area (Å²) in [5, 5.41) is 0. The number of piperazine rings is 1. The van der Waals surface area contributed by atoms with E-state index in [0.29, 0.717) is 6.07 Å². The number of carbonyl (C=O) groups excluding carboxylic acids is 2. The van der Waals surface area contributed by atoms with Crippen LogP contribution in [0.1, 0.15) is 26.4 Å². The van der Waals surface area contributed by atoms with Crippen LogP contribution in [0.15, 0.2) is 36.8 Å². The van der Waals surface area contributed by atoms with Crippen molar-refractivity contribution < 1.29 is 31.2 Å². The summed E-state index contributed by atoms with van der Waals surface area (Å²) in [6.45, 7) is 0.615. The third-order valence-electron chi connectivity index (χ3n) is 4.42. The molecule has 0 bridgehead atoms. The molecule has 0 aliphatic carbocycles. The lowest BCUT2D eigenvalue weighted by atomic mass is 10.1. The van der Waals surface area contributed by atoms with E-state index >= 15 is 0 Å². The molecular formula is C17H16F3N5O4S. The third-order valence-corrected chi connectivity index (χ3v) is 4.84. The normalized spacial score (nSPS) is 14.7. The standard InChI is InChI=1S/C17H16F3N5O4S/c18-17(19,20)12-9-11(1-2-13(12)23-30(28)29)15(26)24-5-7-25(8-6-24)16(27)14-10-21-3-4-22-14/h1-4,9-10,30H,5-8H2,(H,23,28,29). The summed E-state index contributed by atoms with van der Waals surface area (Å²) in [4.78, 5) is 35.6. The highest BCUT2D eigenvalue weighted by Gasteiger charge is 2.35. The minimum atomic E-state index is -4.86. The van der Waals surface area contributed by atoms with Gasteiger partial charge in [0.05, 0.1) is 17.4 Å². The Kier molecular flexibility index (Phi) is 6.20. The fourth-order valence-corrected chi connectivity index (χ4v) is 3.37. The lowest BCUT2D eigenvalue weighted by Gasteiger charge is -2.34. The Morgan fingerprint density at radius 2 is 1.63 bits per heavy atom. The van der Waals surface area contributed by atoms with E-state index in [1.807, 2.05) is 0 Å². The minimum absolute atomic E-state index is 0.124. The van der Waals surface area contributed by atoms with Gasteiger partial charge in [0, 0.05) is 44.1 Å². The molecule has 0 spiro atoms. The average Bonchev–Trinajstić information content (AvgIpc) is 2.72. The molecule has 2 aromatic rings. The van der Waals surface area contributed by atoms with Crippen molar-refractivity contribution in [2.75, 3.05) is 30.9 Å². The van der Waals surface area contributed by atoms with Gasteiger partial charge in [0.1, 0.15) is 5.69 Å². The molecule has 30 heavy (non-hydrogen) atoms. The maximum atomic E-state index is 13.3. The van der Waals surface area contributed by atoms with Gasteiger partial charge in [-0.3, -0.25) is 19.3 Å². The lowest BCUT2D eigenvalue weighted by Crippen LogP contribution is -2.50. The average molecular weight is 443 g/mol. The molecule has 9 nitrogen and oxygen atoms in total. The summed E-state index contributed by atoms with van der Waals surface area (Å²) in [6, 6.07) is 2.63. The first-order valence-corrected chi connectivity index (χ1v) is 9.81. The predicted molar refractivity (Wildman–Crippen MR) is 99.2 cm³/mol. The van der Waals surface area contributed by atoms with Gasteiger partial charge in [-0.1, -0.05) is 0 Å². The molecule has 2 amide bonds. The minimum Gasteiger partial charge on any atom is -0.335 e. The first kappa shape index (κ1) is 21.5. The van der Waals surface area contributed by atoms with Gasteiger partial charge in [0.25, 0.3) is 11.8 Å². The second-order valence-electron chi connectivity index (χ2n) is 6.30. The highest BCUT2D eigenvalue weighted by atomic mass is 32.2. The molecule has 0 radical (unpaired) electrons. The third kappa shape index (κ3) is 4.84. The van der Waals surface area contributed by atoms with E-state index < -0.39 is 34.2 Å². The molecule has 1 saturated heterocycles. The van der Waals surface area contributed by atoms with Gasteiger partial charge in [-0.2, -0.15) is 13.2 Å². The number of anilines is 1. The van der Waals surface area contributed by atoms with Gasteiger partial charge in [-0.15, -0.1) is 0 Å². The number of benzene rings is 1. The van der Waals surface area contributed by atoms with Crippen molar-refractivity contribution in [1.82, 2.24) is 19.8 Å². The summed E-state index contributed by atoms with van der Waals surface area (Å²) in [7, 11) is -3.30. The van der Waals surface area contributed by atoms with Crippen LogP contribution in [0.5, 0.6) is 0 Å². The summed E-state index contributed by atoms with van der Waals surface area (Å²) >= 11 is 0. The Morgan fingerprint density at radius 3 is 2.17 bits per heavy atom. The summed E-state index contributed by atoms with van der Waals surface area (Å²) < 4.78 is 63.0. The van der Waals surface area contributed by atoms with Crippen LogP contribution >= 0.6 is 0 Å². The van der Waals surface area contributed by atoms with Gasteiger partial charge in [-0.25, -0.2) is 13.4 Å². The van der Waals surface area contributed by atoms with E-state index in [0.717, 1.165) is 12.1 Å². The van der Waals surface area contributed by atoms with Crippen molar-refractivity contribution in [2.45, 2.75) is 6.18 Å². The van der Waals surface area contributed by atoms with E-state index in [1.54, 1.807) is 4.72 Å². The number of aromatic nitrogens is 2. The lowest BCUT2D eigenvalue weighted by molar-refractivity contribution is -0.136. The number of hydrogen-bond donors (Lipinski definition) is 2. The molecule has 0 atom stereocenters. The molecule has 160 valence electrons. The summed E-state index contributed by atoms with van der Waals surface area (Å²) in [5.41, 5.74) is -1.99. The molecule has 2 heterocycles. The number of carbonyl (C=O) groups is 2. The first-order chi connectivity index (χ1) is 14.2. The Bertz CT molecular complexity index is 1010. The number of halogens is 3. The smallest absolute Gasteiger partial charge is 0.335 e. The fraction of sp³-hybridized carbons (Fsp3) is 0.294. The molecule has 0 unspecified atom stereocenters. The number of rotatable bonds is 4. The maximum absolute atomic E-state index is 13.3. The van der Waals surface area contributed by atoms with Crippen molar-refractivity contribution >= 4 is 28.4 Å². The molecule has 1 N–H and O–H groups in total. The number of nitrogens with zero attached hydrogens (tertiary/aromatic N) is 4. The fourth-order valence-electron chi connectivity index (χ4n) is 2.97. The summed E-state index contributed by atoms with van der Waals surface area (Å²) in [6.07, 6.45) is -0.721. The molecule has 3 rings (SSSR count).